The summed E-state index contributed by atoms with van der Waals surface area (Å²) in [6.45, 7) is 12.0. The first kappa shape index (κ1) is 34.3. The van der Waals surface area contributed by atoms with E-state index in [0.717, 1.165) is 40.8 Å². The molecule has 2 aliphatic rings. The number of nitrogens with zero attached hydrogens (tertiary/aromatic N) is 2. The lowest BCUT2D eigenvalue weighted by molar-refractivity contribution is -0.438. The molecule has 2 aromatic carbocycles. The van der Waals surface area contributed by atoms with Crippen LogP contribution in [0.4, 0.5) is 11.4 Å². The SMILES string of the molecule is CCCC[N+]1=C(/C=C/C(Br)=C/C=C2/N(CCCCS(=O)(=O)[O-])c3ccc(S(=O)(=O)O)cc3C2(C)C)C(C)(C)c2ccccc21. The van der Waals surface area contributed by atoms with Crippen molar-refractivity contribution in [3.05, 3.63) is 88.1 Å². The monoisotopic (exact) mass is 704 g/mol. The smallest absolute Gasteiger partial charge is 0.294 e. The van der Waals surface area contributed by atoms with Gasteiger partial charge in [-0.2, -0.15) is 13.0 Å². The second-order valence-corrected chi connectivity index (χ2v) is 16.2. The molecule has 4 rings (SSSR count). The third-order valence-electron chi connectivity index (χ3n) is 8.52. The maximum absolute atomic E-state index is 11.9. The molecule has 0 aromatic heterocycles. The second kappa shape index (κ2) is 13.0. The number of hydrogen-bond donors (Lipinski definition) is 1. The van der Waals surface area contributed by atoms with Gasteiger partial charge in [0, 0.05) is 57.7 Å². The van der Waals surface area contributed by atoms with Gasteiger partial charge in [-0.1, -0.05) is 61.3 Å². The summed E-state index contributed by atoms with van der Waals surface area (Å²) in [5, 5.41) is 0. The first-order valence-electron chi connectivity index (χ1n) is 14.8. The molecule has 0 spiro atoms. The molecule has 238 valence electrons. The molecule has 0 unspecified atom stereocenters. The first-order chi connectivity index (χ1) is 20.5. The summed E-state index contributed by atoms with van der Waals surface area (Å²) >= 11 is 3.72. The molecule has 0 saturated carbocycles. The highest BCUT2D eigenvalue weighted by Crippen LogP contribution is 2.48. The highest BCUT2D eigenvalue weighted by Gasteiger charge is 2.44. The van der Waals surface area contributed by atoms with Gasteiger partial charge in [-0.05, 0) is 68.7 Å². The second-order valence-electron chi connectivity index (χ2n) is 12.4. The molecule has 8 nitrogen and oxygen atoms in total. The average Bonchev–Trinajstić information content (AvgIpc) is 3.28. The fourth-order valence-electron chi connectivity index (χ4n) is 6.18. The predicted octanol–water partition coefficient (Wildman–Crippen LogP) is 6.95. The van der Waals surface area contributed by atoms with Gasteiger partial charge in [-0.3, -0.25) is 4.55 Å². The number of rotatable bonds is 12. The topological polar surface area (TPSA) is 118 Å². The van der Waals surface area contributed by atoms with Crippen LogP contribution >= 0.6 is 15.9 Å². The Morgan fingerprint density at radius 2 is 1.70 bits per heavy atom. The summed E-state index contributed by atoms with van der Waals surface area (Å²) in [5.41, 5.74) is 5.33. The zero-order valence-electron chi connectivity index (χ0n) is 25.9. The highest BCUT2D eigenvalue weighted by atomic mass is 79.9. The predicted molar refractivity (Wildman–Crippen MR) is 179 cm³/mol. The molecular weight excluding hydrogens is 664 g/mol. The number of benzene rings is 2. The number of anilines is 1. The lowest BCUT2D eigenvalue weighted by Crippen LogP contribution is -2.28. The maximum atomic E-state index is 11.9. The van der Waals surface area contributed by atoms with Crippen LogP contribution in [0.25, 0.3) is 0 Å². The minimum Gasteiger partial charge on any atom is -0.748 e. The van der Waals surface area contributed by atoms with Gasteiger partial charge >= 0.3 is 0 Å². The van der Waals surface area contributed by atoms with Crippen LogP contribution in [0.5, 0.6) is 0 Å². The molecule has 0 amide bonds. The largest absolute Gasteiger partial charge is 0.748 e. The van der Waals surface area contributed by atoms with Gasteiger partial charge < -0.3 is 9.45 Å². The molecule has 44 heavy (non-hydrogen) atoms. The van der Waals surface area contributed by atoms with E-state index in [0.29, 0.717) is 13.0 Å². The Labute approximate surface area is 270 Å². The number of fused-ring (bicyclic) bond motifs is 2. The Hall–Kier alpha value is -2.57. The zero-order chi connectivity index (χ0) is 32.5. The van der Waals surface area contributed by atoms with Crippen LogP contribution in [0.15, 0.2) is 81.8 Å². The third kappa shape index (κ3) is 7.28. The minimum absolute atomic E-state index is 0.166. The van der Waals surface area contributed by atoms with E-state index in [-0.39, 0.29) is 16.7 Å². The molecule has 0 aliphatic carbocycles. The highest BCUT2D eigenvalue weighted by molar-refractivity contribution is 9.11. The number of unbranched alkanes of at least 4 members (excludes halogenated alkanes) is 2. The maximum Gasteiger partial charge on any atom is 0.294 e. The first-order valence-corrected chi connectivity index (χ1v) is 18.6. The van der Waals surface area contributed by atoms with Crippen LogP contribution < -0.4 is 4.90 Å². The molecule has 2 aliphatic heterocycles. The molecule has 2 aromatic rings. The average molecular weight is 706 g/mol. The van der Waals surface area contributed by atoms with Gasteiger partial charge in [0.2, 0.25) is 5.69 Å². The standard InChI is InChI=1S/C33H41BrN2O6S2/c1-6-7-20-35-28-13-9-8-12-26(28)32(2,3)30(35)18-14-24(34)15-19-31-33(4,5)27-23-25(44(40,41)42)16-17-29(27)36(31)21-10-11-22-43(37,38)39/h8-9,12-19,23H,6-7,10-11,20-22H2,1-5H3,(H-,37,38,39,40,41,42). The summed E-state index contributed by atoms with van der Waals surface area (Å²) < 4.78 is 70.2. The van der Waals surface area contributed by atoms with Gasteiger partial charge in [-0.25, -0.2) is 8.42 Å². The number of para-hydroxylation sites is 1. The molecule has 0 saturated heterocycles. The van der Waals surface area contributed by atoms with Crippen molar-refractivity contribution in [2.75, 3.05) is 23.7 Å². The third-order valence-corrected chi connectivity index (χ3v) is 10.7. The van der Waals surface area contributed by atoms with Crippen LogP contribution in [-0.4, -0.2) is 55.1 Å². The summed E-state index contributed by atoms with van der Waals surface area (Å²) in [5.74, 6) is -0.442. The quantitative estimate of drug-likeness (QED) is 0.110. The van der Waals surface area contributed by atoms with Gasteiger partial charge in [0.15, 0.2) is 5.71 Å². The van der Waals surface area contributed by atoms with Crippen molar-refractivity contribution in [1.29, 1.82) is 0 Å². The molecule has 0 fully saturated rings. The lowest BCUT2D eigenvalue weighted by atomic mass is 9.81. The van der Waals surface area contributed by atoms with Crippen LogP contribution in [0.2, 0.25) is 0 Å². The molecule has 0 radical (unpaired) electrons. The van der Waals surface area contributed by atoms with Crippen LogP contribution in [0.3, 0.4) is 0 Å². The Kier molecular flexibility index (Phi) is 10.2. The van der Waals surface area contributed by atoms with E-state index >= 15 is 0 Å². The van der Waals surface area contributed by atoms with Crippen molar-refractivity contribution in [3.63, 3.8) is 0 Å². The lowest BCUT2D eigenvalue weighted by Gasteiger charge is -2.27. The summed E-state index contributed by atoms with van der Waals surface area (Å²) in [4.78, 5) is 1.84. The Morgan fingerprint density at radius 1 is 1.00 bits per heavy atom. The van der Waals surface area contributed by atoms with E-state index in [2.05, 4.69) is 71.6 Å². The van der Waals surface area contributed by atoms with Crippen molar-refractivity contribution >= 4 is 53.3 Å². The summed E-state index contributed by atoms with van der Waals surface area (Å²) in [6, 6.07) is 13.0. The van der Waals surface area contributed by atoms with E-state index in [4.69, 9.17) is 0 Å². The van der Waals surface area contributed by atoms with Gasteiger partial charge in [0.1, 0.15) is 6.54 Å². The number of allylic oxidation sites excluding steroid dienone is 6. The Bertz CT molecular complexity index is 1770. The fourth-order valence-corrected chi connectivity index (χ4v) is 7.50. The van der Waals surface area contributed by atoms with Gasteiger partial charge in [0.05, 0.1) is 20.4 Å². The van der Waals surface area contributed by atoms with Crippen molar-refractivity contribution in [2.24, 2.45) is 0 Å². The van der Waals surface area contributed by atoms with Gasteiger partial charge in [-0.15, -0.1) is 0 Å². The molecular formula is C33H41BrN2O6S2. The van der Waals surface area contributed by atoms with E-state index in [9.17, 15) is 25.9 Å². The van der Waals surface area contributed by atoms with Crippen molar-refractivity contribution in [1.82, 2.24) is 0 Å². The molecule has 0 bridgehead atoms. The Morgan fingerprint density at radius 3 is 2.36 bits per heavy atom. The molecule has 1 N–H and O–H groups in total. The molecule has 0 atom stereocenters. The van der Waals surface area contributed by atoms with E-state index in [1.54, 1.807) is 6.07 Å². The van der Waals surface area contributed by atoms with Gasteiger partial charge in [0.25, 0.3) is 10.1 Å². The van der Waals surface area contributed by atoms with Crippen LogP contribution in [-0.2, 0) is 31.1 Å². The van der Waals surface area contributed by atoms with Crippen molar-refractivity contribution in [3.8, 4) is 0 Å². The van der Waals surface area contributed by atoms with Crippen molar-refractivity contribution < 1.29 is 30.5 Å². The normalized spacial score (nSPS) is 18.9. The number of hydrogen-bond acceptors (Lipinski definition) is 6. The van der Waals surface area contributed by atoms with Crippen LogP contribution in [0.1, 0.15) is 71.4 Å². The van der Waals surface area contributed by atoms with E-state index in [1.165, 1.54) is 29.1 Å². The molecule has 11 heteroatoms. The fraction of sp³-hybridized carbons (Fsp3) is 0.424. The van der Waals surface area contributed by atoms with E-state index in [1.807, 2.05) is 37.0 Å². The summed E-state index contributed by atoms with van der Waals surface area (Å²) in [6.07, 6.45) is 10.9. The van der Waals surface area contributed by atoms with E-state index < -0.39 is 31.4 Å². The molecule has 2 heterocycles. The van der Waals surface area contributed by atoms with Crippen LogP contribution in [0, 0.1) is 0 Å². The summed E-state index contributed by atoms with van der Waals surface area (Å²) in [7, 11) is -8.72. The Balaban J connectivity index is 1.69. The van der Waals surface area contributed by atoms with Crippen molar-refractivity contribution in [2.45, 2.75) is 76.0 Å². The zero-order valence-corrected chi connectivity index (χ0v) is 29.1. The number of halogens is 1. The minimum atomic E-state index is -4.40.